The van der Waals surface area contributed by atoms with Crippen molar-refractivity contribution in [2.24, 2.45) is 0 Å². The first-order chi connectivity index (χ1) is 21.6. The van der Waals surface area contributed by atoms with Crippen molar-refractivity contribution >= 4 is 55.8 Å². The van der Waals surface area contributed by atoms with Gasteiger partial charge in [0.05, 0.1) is 21.2 Å². The van der Waals surface area contributed by atoms with Gasteiger partial charge in [0.15, 0.2) is 0 Å². The number of halogens is 1. The normalized spacial score (nSPS) is 13.4. The topological polar surface area (TPSA) is 87.7 Å². The van der Waals surface area contributed by atoms with Gasteiger partial charge in [0.2, 0.25) is 0 Å². The van der Waals surface area contributed by atoms with E-state index in [9.17, 15) is 9.59 Å². The summed E-state index contributed by atoms with van der Waals surface area (Å²) >= 11 is 1.60. The third-order valence-corrected chi connectivity index (χ3v) is 8.24. The smallest absolute Gasteiger partial charge is 0.410 e. The Morgan fingerprint density at radius 2 is 1.64 bits per heavy atom. The number of carbonyl (C=O) groups excluding carboxylic acids is 2. The van der Waals surface area contributed by atoms with E-state index in [0.29, 0.717) is 48.4 Å². The van der Waals surface area contributed by atoms with E-state index in [-0.39, 0.29) is 5.91 Å². The van der Waals surface area contributed by atoms with E-state index >= 15 is 4.39 Å². The maximum atomic E-state index is 15.6. The molecule has 0 bridgehead atoms. The number of aromatic nitrogens is 2. The minimum atomic E-state index is -0.585. The largest absolute Gasteiger partial charge is 0.444 e. The van der Waals surface area contributed by atoms with E-state index in [4.69, 9.17) is 4.74 Å². The van der Waals surface area contributed by atoms with Gasteiger partial charge in [0.1, 0.15) is 11.4 Å². The van der Waals surface area contributed by atoms with Crippen LogP contribution in [0.4, 0.5) is 20.6 Å². The molecule has 0 aliphatic carbocycles. The van der Waals surface area contributed by atoms with Crippen molar-refractivity contribution in [2.45, 2.75) is 47.1 Å². The highest BCUT2D eigenvalue weighted by Gasteiger charge is 2.29. The van der Waals surface area contributed by atoms with Crippen molar-refractivity contribution < 1.29 is 18.7 Å². The number of nitrogens with one attached hydrogen (secondary N) is 1. The molecule has 234 valence electrons. The molecule has 5 aromatic rings. The van der Waals surface area contributed by atoms with E-state index in [1.807, 2.05) is 89.5 Å². The summed E-state index contributed by atoms with van der Waals surface area (Å²) in [6.45, 7) is 12.7. The first-order valence-electron chi connectivity index (χ1n) is 15.1. The van der Waals surface area contributed by atoms with Gasteiger partial charge in [0, 0.05) is 60.3 Å². The molecule has 2 amide bonds. The number of pyridine rings is 1. The van der Waals surface area contributed by atoms with Crippen LogP contribution < -0.4 is 5.32 Å². The number of anilines is 2. The van der Waals surface area contributed by atoms with Gasteiger partial charge >= 0.3 is 6.09 Å². The molecule has 45 heavy (non-hydrogen) atoms. The van der Waals surface area contributed by atoms with Crippen molar-refractivity contribution in [1.82, 2.24) is 19.8 Å². The highest BCUT2D eigenvalue weighted by Crippen LogP contribution is 2.33. The number of fused-ring (bicyclic) bond motifs is 2. The van der Waals surface area contributed by atoms with Crippen molar-refractivity contribution in [3.05, 3.63) is 83.2 Å². The van der Waals surface area contributed by atoms with Gasteiger partial charge in [-0.3, -0.25) is 9.78 Å². The second kappa shape index (κ2) is 13.2. The van der Waals surface area contributed by atoms with Gasteiger partial charge in [-0.05, 0) is 81.3 Å². The van der Waals surface area contributed by atoms with Gasteiger partial charge in [-0.1, -0.05) is 26.0 Å². The summed E-state index contributed by atoms with van der Waals surface area (Å²) in [5, 5.41) is 4.36. The predicted molar refractivity (Wildman–Crippen MR) is 180 cm³/mol. The van der Waals surface area contributed by atoms with Gasteiger partial charge in [-0.25, -0.2) is 14.2 Å². The summed E-state index contributed by atoms with van der Waals surface area (Å²) in [6.07, 6.45) is 1.33. The molecular weight excluding hydrogens is 589 g/mol. The lowest BCUT2D eigenvalue weighted by molar-refractivity contribution is 0.0140. The summed E-state index contributed by atoms with van der Waals surface area (Å²) in [4.78, 5) is 37.9. The second-order valence-corrected chi connectivity index (χ2v) is 12.5. The van der Waals surface area contributed by atoms with Gasteiger partial charge in [-0.2, -0.15) is 0 Å². The lowest BCUT2D eigenvalue weighted by Gasteiger charge is -2.35. The number of hydrogen-bond donors (Lipinski definition) is 1. The Hall–Kier alpha value is -4.57. The maximum Gasteiger partial charge on any atom is 0.410 e. The number of aryl methyl sites for hydroxylation is 1. The molecule has 0 atom stereocenters. The third-order valence-electron chi connectivity index (χ3n) is 7.43. The molecule has 1 aliphatic rings. The zero-order valence-corrected chi connectivity index (χ0v) is 27.3. The molecule has 0 radical (unpaired) electrons. The average molecular weight is 628 g/mol. The molecule has 1 fully saturated rings. The van der Waals surface area contributed by atoms with Crippen molar-refractivity contribution in [3.8, 4) is 11.1 Å². The fraction of sp³-hybridized carbons (Fsp3) is 0.314. The Morgan fingerprint density at radius 3 is 2.38 bits per heavy atom. The Labute approximate surface area is 266 Å². The van der Waals surface area contributed by atoms with Crippen LogP contribution in [0.2, 0.25) is 0 Å². The fourth-order valence-corrected chi connectivity index (χ4v) is 5.90. The fourth-order valence-electron chi connectivity index (χ4n) is 5.24. The van der Waals surface area contributed by atoms with Crippen LogP contribution in [-0.4, -0.2) is 63.5 Å². The van der Waals surface area contributed by atoms with E-state index in [1.165, 1.54) is 6.07 Å². The summed E-state index contributed by atoms with van der Waals surface area (Å²) < 4.78 is 22.1. The lowest BCUT2D eigenvalue weighted by Crippen LogP contribution is -2.51. The highest BCUT2D eigenvalue weighted by atomic mass is 32.1. The average Bonchev–Trinajstić information content (AvgIpc) is 3.50. The first kappa shape index (κ1) is 31.8. The number of thiazole rings is 1. The number of amides is 2. The van der Waals surface area contributed by atoms with Crippen LogP contribution >= 0.6 is 11.3 Å². The summed E-state index contributed by atoms with van der Waals surface area (Å²) in [7, 11) is 0. The molecule has 0 unspecified atom stereocenters. The third kappa shape index (κ3) is 7.06. The molecule has 1 saturated heterocycles. The van der Waals surface area contributed by atoms with Crippen molar-refractivity contribution in [3.63, 3.8) is 0 Å². The second-order valence-electron chi connectivity index (χ2n) is 11.7. The number of hydrogen-bond acceptors (Lipinski definition) is 7. The van der Waals surface area contributed by atoms with Crippen LogP contribution in [0.25, 0.3) is 32.2 Å². The Kier molecular flexibility index (Phi) is 9.34. The summed E-state index contributed by atoms with van der Waals surface area (Å²) in [6, 6.07) is 16.7. The zero-order valence-electron chi connectivity index (χ0n) is 26.5. The van der Waals surface area contributed by atoms with Gasteiger partial charge < -0.3 is 19.9 Å². The van der Waals surface area contributed by atoms with Crippen LogP contribution in [0, 0.1) is 12.7 Å². The maximum absolute atomic E-state index is 15.6. The van der Waals surface area contributed by atoms with Crippen LogP contribution in [0.1, 0.15) is 50.5 Å². The number of nitrogens with zero attached hydrogens (tertiary/aromatic N) is 4. The molecular formula is C35H38FN5O3S. The van der Waals surface area contributed by atoms with Gasteiger partial charge in [-0.15, -0.1) is 11.3 Å². The molecule has 10 heteroatoms. The molecule has 6 rings (SSSR count). The quantitative estimate of drug-likeness (QED) is 0.215. The molecule has 1 N–H and O–H groups in total. The Bertz CT molecular complexity index is 1860. The summed E-state index contributed by atoms with van der Waals surface area (Å²) in [5.41, 5.74) is 6.77. The van der Waals surface area contributed by atoms with Crippen LogP contribution in [-0.2, 0) is 4.74 Å². The van der Waals surface area contributed by atoms with E-state index in [2.05, 4.69) is 15.3 Å². The minimum absolute atomic E-state index is 0.251. The molecule has 3 heterocycles. The SMILES string of the molecule is CC.Cc1cc(-c2ccc3c(Nc4ccc5scnc5c4)ccnc3c2)c(F)cc1C(=O)N1CCN(C(=O)OC(C)(C)C)CC1. The zero-order chi connectivity index (χ0) is 32.3. The van der Waals surface area contributed by atoms with Crippen molar-refractivity contribution in [1.29, 1.82) is 0 Å². The number of piperazine rings is 1. The number of carbonyl (C=O) groups is 2. The van der Waals surface area contributed by atoms with E-state index < -0.39 is 17.5 Å². The molecule has 8 nitrogen and oxygen atoms in total. The molecule has 2 aromatic heterocycles. The first-order valence-corrected chi connectivity index (χ1v) is 16.0. The number of rotatable bonds is 4. The monoisotopic (exact) mass is 627 g/mol. The molecule has 0 saturated carbocycles. The highest BCUT2D eigenvalue weighted by molar-refractivity contribution is 7.16. The minimum Gasteiger partial charge on any atom is -0.444 e. The van der Waals surface area contributed by atoms with Crippen LogP contribution in [0.15, 0.2) is 66.3 Å². The molecule has 3 aromatic carbocycles. The lowest BCUT2D eigenvalue weighted by atomic mass is 9.97. The Balaban J connectivity index is 0.00000196. The summed E-state index contributed by atoms with van der Waals surface area (Å²) in [5.74, 6) is -0.731. The van der Waals surface area contributed by atoms with E-state index in [1.54, 1.807) is 33.4 Å². The van der Waals surface area contributed by atoms with Crippen LogP contribution in [0.3, 0.4) is 0 Å². The molecule has 1 aliphatic heterocycles. The van der Waals surface area contributed by atoms with Gasteiger partial charge in [0.25, 0.3) is 5.91 Å². The number of ether oxygens (including phenoxy) is 1. The predicted octanol–water partition coefficient (Wildman–Crippen LogP) is 8.42. The molecule has 0 spiro atoms. The standard InChI is InChI=1S/C33H32FN5O3S.C2H6/c1-20-15-25(26(34)18-24(20)31(40)38-11-13-39(14-12-38)32(41)42-33(2,3)4)21-5-7-23-27(9-10-35-28(23)16-21)37-22-6-8-30-29(17-22)36-19-43-30;1-2/h5-10,15-19H,11-14H2,1-4H3,(H,35,37);1-2H3. The van der Waals surface area contributed by atoms with Crippen LogP contribution in [0.5, 0.6) is 0 Å². The number of benzene rings is 3. The van der Waals surface area contributed by atoms with Crippen molar-refractivity contribution in [2.75, 3.05) is 31.5 Å². The Morgan fingerprint density at radius 1 is 0.911 bits per heavy atom. The van der Waals surface area contributed by atoms with E-state index in [0.717, 1.165) is 32.5 Å².